The van der Waals surface area contributed by atoms with Crippen LogP contribution in [0.25, 0.3) is 34.2 Å². The van der Waals surface area contributed by atoms with Gasteiger partial charge in [-0.2, -0.15) is 0 Å². The van der Waals surface area contributed by atoms with Crippen molar-refractivity contribution >= 4 is 35.3 Å². The number of nitrogens with one attached hydrogen (secondary N) is 1. The zero-order chi connectivity index (χ0) is 29.5. The van der Waals surface area contributed by atoms with E-state index in [0.717, 1.165) is 46.7 Å². The van der Waals surface area contributed by atoms with Gasteiger partial charge >= 0.3 is 0 Å². The molecule has 0 saturated carbocycles. The van der Waals surface area contributed by atoms with Crippen molar-refractivity contribution in [1.29, 1.82) is 0 Å². The van der Waals surface area contributed by atoms with Gasteiger partial charge in [-0.05, 0) is 84.9 Å². The second-order valence-electron chi connectivity index (χ2n) is 11.4. The number of hydrogen-bond donors (Lipinski definition) is 1. The van der Waals surface area contributed by atoms with E-state index in [1.54, 1.807) is 6.20 Å². The highest BCUT2D eigenvalue weighted by atomic mass is 16.5. The number of hydrogen-bond acceptors (Lipinski definition) is 4. The first-order valence-corrected chi connectivity index (χ1v) is 14.3. The minimum atomic E-state index is -0.318. The Bertz CT molecular complexity index is 1780. The molecule has 0 saturated heterocycles. The predicted molar refractivity (Wildman–Crippen MR) is 170 cm³/mol. The van der Waals surface area contributed by atoms with Crippen molar-refractivity contribution in [2.75, 3.05) is 0 Å². The first kappa shape index (κ1) is 28.7. The maximum Gasteiger partial charge on any atom is 0.293 e. The van der Waals surface area contributed by atoms with Crippen LogP contribution in [0, 0.1) is 0 Å². The summed E-state index contributed by atoms with van der Waals surface area (Å²) in [7, 11) is 0. The number of ketones is 1. The molecule has 212 valence electrons. The number of rotatable bonds is 3. The number of H-pyrrole nitrogens is 1. The Kier molecular flexibility index (Phi) is 8.77. The van der Waals surface area contributed by atoms with E-state index in [1.807, 2.05) is 69.6 Å². The quantitative estimate of drug-likeness (QED) is 0.250. The van der Waals surface area contributed by atoms with Crippen molar-refractivity contribution in [3.8, 4) is 11.1 Å². The molecule has 0 bridgehead atoms. The highest BCUT2D eigenvalue weighted by Crippen LogP contribution is 2.39. The van der Waals surface area contributed by atoms with Gasteiger partial charge in [0.2, 0.25) is 0 Å². The average molecular weight is 557 g/mol. The molecule has 5 nitrogen and oxygen atoms in total. The molecule has 0 amide bonds. The lowest BCUT2D eigenvalue weighted by molar-refractivity contribution is -0.138. The minimum absolute atomic E-state index is 0.108. The van der Waals surface area contributed by atoms with Crippen molar-refractivity contribution in [2.45, 2.75) is 51.6 Å². The summed E-state index contributed by atoms with van der Waals surface area (Å²) in [6.45, 7) is 5.92. The third-order valence-electron chi connectivity index (χ3n) is 7.39. The molecule has 1 atom stereocenters. The van der Waals surface area contributed by atoms with E-state index in [1.165, 1.54) is 21.7 Å². The summed E-state index contributed by atoms with van der Waals surface area (Å²) in [4.78, 5) is 30.2. The van der Waals surface area contributed by atoms with Gasteiger partial charge in [-0.25, -0.2) is 0 Å². The van der Waals surface area contributed by atoms with Gasteiger partial charge in [-0.1, -0.05) is 78.9 Å². The highest BCUT2D eigenvalue weighted by Gasteiger charge is 2.32. The number of fused-ring (bicyclic) bond motifs is 6. The van der Waals surface area contributed by atoms with Crippen LogP contribution in [-0.2, 0) is 16.0 Å². The number of aromatic nitrogens is 2. The molecule has 2 heterocycles. The monoisotopic (exact) mass is 556 g/mol. The lowest BCUT2D eigenvalue weighted by Crippen LogP contribution is -2.37. The average Bonchev–Trinajstić information content (AvgIpc) is 3.49. The highest BCUT2D eigenvalue weighted by molar-refractivity contribution is 6.10. The summed E-state index contributed by atoms with van der Waals surface area (Å²) >= 11 is 0. The second kappa shape index (κ2) is 12.8. The Morgan fingerprint density at radius 3 is 2.40 bits per heavy atom. The van der Waals surface area contributed by atoms with E-state index in [0.29, 0.717) is 6.47 Å². The van der Waals surface area contributed by atoms with Gasteiger partial charge in [0.05, 0.1) is 17.6 Å². The zero-order valence-electron chi connectivity index (χ0n) is 24.3. The molecule has 5 heteroatoms. The Hall–Kier alpha value is -4.77. The molecule has 1 unspecified atom stereocenters. The van der Waals surface area contributed by atoms with Gasteiger partial charge in [0.1, 0.15) is 5.60 Å². The van der Waals surface area contributed by atoms with E-state index in [2.05, 4.69) is 69.3 Å². The molecule has 42 heavy (non-hydrogen) atoms. The lowest BCUT2D eigenvalue weighted by atomic mass is 9.74. The van der Waals surface area contributed by atoms with Crippen molar-refractivity contribution in [3.63, 3.8) is 0 Å². The van der Waals surface area contributed by atoms with Gasteiger partial charge in [0.25, 0.3) is 6.47 Å². The predicted octanol–water partition coefficient (Wildman–Crippen LogP) is 6.75. The lowest BCUT2D eigenvalue weighted by Gasteiger charge is -2.27. The normalized spacial score (nSPS) is 14.7. The molecule has 7 rings (SSSR count). The maximum atomic E-state index is 13.6. The van der Waals surface area contributed by atoms with Crippen LogP contribution in [0.2, 0.25) is 0 Å². The summed E-state index contributed by atoms with van der Waals surface area (Å²) in [5.41, 5.74) is 6.39. The first-order chi connectivity index (χ1) is 20.4. The molecular weight excluding hydrogens is 520 g/mol. The van der Waals surface area contributed by atoms with Crippen LogP contribution in [-0.4, -0.2) is 27.8 Å². The summed E-state index contributed by atoms with van der Waals surface area (Å²) in [6, 6.07) is 27.1. The van der Waals surface area contributed by atoms with Crippen molar-refractivity contribution < 1.29 is 14.3 Å². The molecule has 0 radical (unpaired) electrons. The summed E-state index contributed by atoms with van der Waals surface area (Å²) < 4.78 is 4.55. The molecule has 0 aliphatic heterocycles. The third kappa shape index (κ3) is 6.58. The van der Waals surface area contributed by atoms with Gasteiger partial charge in [-0.3, -0.25) is 14.6 Å². The van der Waals surface area contributed by atoms with Gasteiger partial charge in [0, 0.05) is 23.3 Å². The minimum Gasteiger partial charge on any atom is -0.462 e. The zero-order valence-corrected chi connectivity index (χ0v) is 24.3. The molecule has 2 aromatic heterocycles. The van der Waals surface area contributed by atoms with Crippen LogP contribution in [0.15, 0.2) is 97.5 Å². The van der Waals surface area contributed by atoms with Crippen LogP contribution < -0.4 is 10.4 Å². The van der Waals surface area contributed by atoms with E-state index < -0.39 is 0 Å². The molecular formula is C37H36N2O3. The molecule has 5 aromatic rings. The van der Waals surface area contributed by atoms with Crippen molar-refractivity contribution in [3.05, 3.63) is 125 Å². The number of ether oxygens (including phenoxy) is 1. The fourth-order valence-electron chi connectivity index (χ4n) is 5.44. The van der Waals surface area contributed by atoms with Gasteiger partial charge in [0.15, 0.2) is 5.78 Å². The summed E-state index contributed by atoms with van der Waals surface area (Å²) in [6.07, 6.45) is 12.8. The van der Waals surface area contributed by atoms with Crippen molar-refractivity contribution in [1.82, 2.24) is 9.97 Å². The number of benzene rings is 3. The number of aromatic amines is 1. The Morgan fingerprint density at radius 1 is 0.905 bits per heavy atom. The summed E-state index contributed by atoms with van der Waals surface area (Å²) in [5, 5.41) is 3.57. The van der Waals surface area contributed by atoms with Gasteiger partial charge in [-0.15, -0.1) is 0 Å². The molecule has 0 fully saturated rings. The fraction of sp³-hybridized carbons (Fsp3) is 0.216. The van der Waals surface area contributed by atoms with Crippen LogP contribution in [0.3, 0.4) is 0 Å². The standard InChI is InChI=1S/C25H20O.C7H6N2.C5H10O2/c26-25-23(16-17-8-2-1-3-9-17)21-13-7-6-12-20(21)22-15-14-18-10-4-5-11-19(18)24(22)25;1-3-8-5-7-6(1)2-4-9-7;1-5(2,3)7-4-6/h1-3,6-15,23H,4-5,16H2;1-5,9H;4H,1-3H3. The van der Waals surface area contributed by atoms with Crippen molar-refractivity contribution in [2.24, 2.45) is 0 Å². The van der Waals surface area contributed by atoms with Gasteiger partial charge < -0.3 is 9.72 Å². The van der Waals surface area contributed by atoms with E-state index in [9.17, 15) is 9.59 Å². The maximum absolute atomic E-state index is 13.6. The Morgan fingerprint density at radius 2 is 1.67 bits per heavy atom. The van der Waals surface area contributed by atoms with Crippen LogP contribution in [0.1, 0.15) is 61.0 Å². The van der Waals surface area contributed by atoms with E-state index in [-0.39, 0.29) is 17.3 Å². The van der Waals surface area contributed by atoms with E-state index >= 15 is 0 Å². The first-order valence-electron chi connectivity index (χ1n) is 14.3. The number of Topliss-reactive ketones (excluding diaryl/α,β-unsaturated/α-hetero) is 1. The van der Waals surface area contributed by atoms with E-state index in [4.69, 9.17) is 0 Å². The molecule has 3 aromatic carbocycles. The molecule has 2 aliphatic rings. The third-order valence-corrected chi connectivity index (χ3v) is 7.39. The fourth-order valence-corrected chi connectivity index (χ4v) is 5.44. The molecule has 2 aliphatic carbocycles. The number of pyridine rings is 1. The second-order valence-corrected chi connectivity index (χ2v) is 11.4. The Balaban J connectivity index is 0.000000180. The largest absolute Gasteiger partial charge is 0.462 e. The molecule has 1 N–H and O–H groups in total. The smallest absolute Gasteiger partial charge is 0.293 e. The van der Waals surface area contributed by atoms with Crippen LogP contribution >= 0.6 is 0 Å². The molecule has 0 spiro atoms. The SMILES string of the molecule is CC(C)(C)OC=O.O=C1c2c(ccc3c2=CCCC=3)-c2ccccc2C1Cc1ccccc1.c1cc2cc[nH]c2cn1. The number of carbonyl (C=O) groups is 2. The van der Waals surface area contributed by atoms with Crippen LogP contribution in [0.5, 0.6) is 0 Å². The summed E-state index contributed by atoms with van der Waals surface area (Å²) in [5.74, 6) is 0.161. The topological polar surface area (TPSA) is 72.1 Å². The Labute approximate surface area is 246 Å². The number of nitrogens with zero attached hydrogens (tertiary/aromatic N) is 1. The van der Waals surface area contributed by atoms with Crippen LogP contribution in [0.4, 0.5) is 0 Å². The number of carbonyl (C=O) groups excluding carboxylic acids is 2.